The number of hydrogen-bond donors (Lipinski definition) is 2. The van der Waals surface area contributed by atoms with E-state index in [1.165, 1.54) is 16.0 Å². The normalized spacial score (nSPS) is 13.3. The summed E-state index contributed by atoms with van der Waals surface area (Å²) in [6, 6.07) is 21.0. The smallest absolute Gasteiger partial charge is 0.175 e. The van der Waals surface area contributed by atoms with Crippen molar-refractivity contribution in [2.24, 2.45) is 5.10 Å². The lowest BCUT2D eigenvalue weighted by Gasteiger charge is -2.21. The van der Waals surface area contributed by atoms with Crippen molar-refractivity contribution in [1.82, 2.24) is 0 Å². The fourth-order valence-electron chi connectivity index (χ4n) is 2.85. The lowest BCUT2D eigenvalue weighted by atomic mass is 10.1. The quantitative estimate of drug-likeness (QED) is 0.361. The van der Waals surface area contributed by atoms with Crippen LogP contribution >= 0.6 is 11.8 Å². The molecule has 0 amide bonds. The molecule has 0 radical (unpaired) electrons. The molecule has 0 aromatic heterocycles. The van der Waals surface area contributed by atoms with Crippen LogP contribution in [0.1, 0.15) is 12.5 Å². The average molecular weight is 410 g/mol. The predicted octanol–water partition coefficient (Wildman–Crippen LogP) is 5.13. The van der Waals surface area contributed by atoms with Crippen molar-refractivity contribution in [3.05, 3.63) is 72.3 Å². The zero-order chi connectivity index (χ0) is 19.7. The van der Waals surface area contributed by atoms with Crippen molar-refractivity contribution in [2.45, 2.75) is 21.6 Å². The SMILES string of the molecule is CC(=NNc1ccc(S(C)(=O)=O)cc1)c1ccc2c(c1)Nc1ccccc1S2. The van der Waals surface area contributed by atoms with Crippen molar-refractivity contribution >= 4 is 44.4 Å². The molecule has 3 aromatic carbocycles. The molecule has 0 saturated heterocycles. The second-order valence-corrected chi connectivity index (χ2v) is 9.64. The van der Waals surface area contributed by atoms with Gasteiger partial charge in [0.2, 0.25) is 0 Å². The number of fused-ring (bicyclic) bond motifs is 2. The van der Waals surface area contributed by atoms with E-state index in [1.54, 1.807) is 36.0 Å². The molecule has 0 spiro atoms. The minimum Gasteiger partial charge on any atom is -0.354 e. The summed E-state index contributed by atoms with van der Waals surface area (Å²) in [6.07, 6.45) is 1.19. The number of nitrogens with zero attached hydrogens (tertiary/aromatic N) is 1. The van der Waals surface area contributed by atoms with Crippen LogP contribution in [0.4, 0.5) is 17.1 Å². The largest absolute Gasteiger partial charge is 0.354 e. The number of hydrazone groups is 1. The van der Waals surface area contributed by atoms with Gasteiger partial charge in [-0.2, -0.15) is 5.10 Å². The van der Waals surface area contributed by atoms with Gasteiger partial charge in [0.1, 0.15) is 0 Å². The third kappa shape index (κ3) is 3.90. The Morgan fingerprint density at radius 3 is 2.43 bits per heavy atom. The summed E-state index contributed by atoms with van der Waals surface area (Å²) in [5.74, 6) is 0. The molecule has 1 heterocycles. The number of benzene rings is 3. The maximum Gasteiger partial charge on any atom is 0.175 e. The summed E-state index contributed by atoms with van der Waals surface area (Å²) in [7, 11) is -3.20. The summed E-state index contributed by atoms with van der Waals surface area (Å²) in [4.78, 5) is 2.68. The van der Waals surface area contributed by atoms with E-state index in [-0.39, 0.29) is 4.90 Å². The van der Waals surface area contributed by atoms with E-state index in [9.17, 15) is 8.42 Å². The average Bonchev–Trinajstić information content (AvgIpc) is 2.69. The second-order valence-electron chi connectivity index (χ2n) is 6.54. The van der Waals surface area contributed by atoms with E-state index in [1.807, 2.05) is 19.1 Å². The molecule has 0 unspecified atom stereocenters. The molecule has 7 heteroatoms. The molecule has 1 aliphatic heterocycles. The van der Waals surface area contributed by atoms with Gasteiger partial charge in [-0.15, -0.1) is 0 Å². The van der Waals surface area contributed by atoms with Gasteiger partial charge >= 0.3 is 0 Å². The molecule has 0 bridgehead atoms. The fraction of sp³-hybridized carbons (Fsp3) is 0.0952. The van der Waals surface area contributed by atoms with Crippen LogP contribution in [0.25, 0.3) is 0 Å². The van der Waals surface area contributed by atoms with E-state index in [4.69, 9.17) is 0 Å². The topological polar surface area (TPSA) is 70.6 Å². The molecule has 28 heavy (non-hydrogen) atoms. The lowest BCUT2D eigenvalue weighted by Crippen LogP contribution is -2.04. The monoisotopic (exact) mass is 409 g/mol. The highest BCUT2D eigenvalue weighted by molar-refractivity contribution is 7.99. The molecular weight excluding hydrogens is 390 g/mol. The van der Waals surface area contributed by atoms with Crippen molar-refractivity contribution in [3.63, 3.8) is 0 Å². The fourth-order valence-corrected chi connectivity index (χ4v) is 4.45. The van der Waals surface area contributed by atoms with Gasteiger partial charge in [-0.05, 0) is 61.0 Å². The standard InChI is InChI=1S/C21H19N3O2S2/c1-14(23-24-16-8-10-17(11-9-16)28(2,25)26)15-7-12-21-19(13-15)22-18-5-3-4-6-20(18)27-21/h3-13,22,24H,1-2H3. The molecule has 5 nitrogen and oxygen atoms in total. The molecule has 0 aliphatic carbocycles. The summed E-state index contributed by atoms with van der Waals surface area (Å²) in [5.41, 5.74) is 7.72. The molecular formula is C21H19N3O2S2. The van der Waals surface area contributed by atoms with E-state index >= 15 is 0 Å². The van der Waals surface area contributed by atoms with Gasteiger partial charge in [-0.3, -0.25) is 5.43 Å². The molecule has 3 aromatic rings. The highest BCUT2D eigenvalue weighted by Crippen LogP contribution is 2.44. The number of hydrogen-bond acceptors (Lipinski definition) is 6. The first kappa shape index (κ1) is 18.6. The van der Waals surface area contributed by atoms with Crippen LogP contribution in [0.15, 0.2) is 86.5 Å². The summed E-state index contributed by atoms with van der Waals surface area (Å²) in [6.45, 7) is 1.93. The van der Waals surface area contributed by atoms with Gasteiger partial charge in [0.05, 0.1) is 27.7 Å². The van der Waals surface area contributed by atoms with E-state index in [2.05, 4.69) is 46.2 Å². The summed E-state index contributed by atoms with van der Waals surface area (Å²) < 4.78 is 23.1. The molecule has 1 aliphatic rings. The first-order valence-electron chi connectivity index (χ1n) is 8.69. The molecule has 2 N–H and O–H groups in total. The Bertz CT molecular complexity index is 1170. The van der Waals surface area contributed by atoms with E-state index in [0.717, 1.165) is 28.3 Å². The minimum absolute atomic E-state index is 0.289. The van der Waals surface area contributed by atoms with Crippen LogP contribution < -0.4 is 10.7 Å². The van der Waals surface area contributed by atoms with Gasteiger partial charge in [0, 0.05) is 16.0 Å². The van der Waals surface area contributed by atoms with Crippen molar-refractivity contribution in [2.75, 3.05) is 17.0 Å². The first-order chi connectivity index (χ1) is 13.4. The van der Waals surface area contributed by atoms with Crippen LogP contribution in [0, 0.1) is 0 Å². The predicted molar refractivity (Wildman–Crippen MR) is 116 cm³/mol. The first-order valence-corrected chi connectivity index (χ1v) is 11.4. The lowest BCUT2D eigenvalue weighted by molar-refractivity contribution is 0.602. The Hall–Kier alpha value is -2.77. The summed E-state index contributed by atoms with van der Waals surface area (Å²) >= 11 is 1.75. The van der Waals surface area contributed by atoms with E-state index < -0.39 is 9.84 Å². The Morgan fingerprint density at radius 2 is 1.68 bits per heavy atom. The van der Waals surface area contributed by atoms with Crippen LogP contribution in [0.5, 0.6) is 0 Å². The maximum absolute atomic E-state index is 11.5. The van der Waals surface area contributed by atoms with Crippen molar-refractivity contribution in [1.29, 1.82) is 0 Å². The Labute approximate surface area is 168 Å². The molecule has 0 fully saturated rings. The van der Waals surface area contributed by atoms with Crippen molar-refractivity contribution < 1.29 is 8.42 Å². The Balaban J connectivity index is 1.52. The zero-order valence-electron chi connectivity index (χ0n) is 15.4. The van der Waals surface area contributed by atoms with Crippen LogP contribution in [-0.4, -0.2) is 20.4 Å². The van der Waals surface area contributed by atoms with Crippen molar-refractivity contribution in [3.8, 4) is 0 Å². The van der Waals surface area contributed by atoms with Crippen LogP contribution in [0.2, 0.25) is 0 Å². The summed E-state index contributed by atoms with van der Waals surface area (Å²) in [5, 5.41) is 7.91. The highest BCUT2D eigenvalue weighted by atomic mass is 32.2. The minimum atomic E-state index is -3.20. The molecule has 142 valence electrons. The number of nitrogens with one attached hydrogen (secondary N) is 2. The Kier molecular flexibility index (Phi) is 4.87. The van der Waals surface area contributed by atoms with E-state index in [0.29, 0.717) is 0 Å². The number of para-hydroxylation sites is 1. The Morgan fingerprint density at radius 1 is 0.964 bits per heavy atom. The number of sulfone groups is 1. The molecule has 4 rings (SSSR count). The van der Waals surface area contributed by atoms with Gasteiger partial charge in [-0.25, -0.2) is 8.42 Å². The molecule has 0 saturated carbocycles. The number of rotatable bonds is 4. The number of anilines is 3. The second kappa shape index (κ2) is 7.33. The maximum atomic E-state index is 11.5. The van der Waals surface area contributed by atoms with Gasteiger partial charge in [0.15, 0.2) is 9.84 Å². The zero-order valence-corrected chi connectivity index (χ0v) is 17.1. The van der Waals surface area contributed by atoms with Crippen LogP contribution in [-0.2, 0) is 9.84 Å². The third-order valence-electron chi connectivity index (χ3n) is 4.41. The van der Waals surface area contributed by atoms with Gasteiger partial charge in [-0.1, -0.05) is 30.0 Å². The van der Waals surface area contributed by atoms with Gasteiger partial charge < -0.3 is 5.32 Å². The highest BCUT2D eigenvalue weighted by Gasteiger charge is 2.15. The third-order valence-corrected chi connectivity index (χ3v) is 6.69. The van der Waals surface area contributed by atoms with Gasteiger partial charge in [0.25, 0.3) is 0 Å². The molecule has 0 atom stereocenters. The van der Waals surface area contributed by atoms with Crippen LogP contribution in [0.3, 0.4) is 0 Å².